The Kier molecular flexibility index (Phi) is 13.1. The Hall–Kier alpha value is -3.30. The average Bonchev–Trinajstić information content (AvgIpc) is 2.98. The summed E-state index contributed by atoms with van der Waals surface area (Å²) in [7, 11) is 0. The molecule has 0 spiro atoms. The molecule has 8 nitrogen and oxygen atoms in total. The molecule has 0 aliphatic heterocycles. The SMILES string of the molecule is C=C(S/C=C(\CC)CC(C)(C)C(=O)NO)[C@](C)(C(=O)CCC)c1c(C)nc(/C(=C(/C)CC)c2cccnc2C(C)C)nc1N. The number of aromatic nitrogens is 3. The van der Waals surface area contributed by atoms with Gasteiger partial charge in [0.25, 0.3) is 0 Å². The minimum atomic E-state index is -1.15. The molecule has 1 amide bonds. The highest BCUT2D eigenvalue weighted by Crippen LogP contribution is 2.45. The maximum absolute atomic E-state index is 13.9. The molecule has 0 unspecified atom stereocenters. The molecule has 0 saturated heterocycles. The first-order valence-electron chi connectivity index (χ1n) is 15.4. The van der Waals surface area contributed by atoms with Crippen LogP contribution in [0.15, 0.2) is 46.4 Å². The van der Waals surface area contributed by atoms with Crippen LogP contribution in [0.2, 0.25) is 0 Å². The van der Waals surface area contributed by atoms with Gasteiger partial charge in [0.05, 0.1) is 11.1 Å². The van der Waals surface area contributed by atoms with Gasteiger partial charge in [0.15, 0.2) is 5.82 Å². The van der Waals surface area contributed by atoms with Gasteiger partial charge in [-0.2, -0.15) is 0 Å². The van der Waals surface area contributed by atoms with Crippen LogP contribution in [0.5, 0.6) is 0 Å². The van der Waals surface area contributed by atoms with Gasteiger partial charge in [0.1, 0.15) is 11.6 Å². The molecule has 240 valence electrons. The minimum Gasteiger partial charge on any atom is -0.383 e. The number of rotatable bonds is 15. The van der Waals surface area contributed by atoms with E-state index in [4.69, 9.17) is 20.9 Å². The molecule has 2 aromatic rings. The fourth-order valence-corrected chi connectivity index (χ4v) is 6.38. The van der Waals surface area contributed by atoms with E-state index in [1.165, 1.54) is 11.8 Å². The Balaban J connectivity index is 2.70. The van der Waals surface area contributed by atoms with Crippen molar-refractivity contribution >= 4 is 34.8 Å². The van der Waals surface area contributed by atoms with Gasteiger partial charge in [-0.15, -0.1) is 11.8 Å². The number of hydrogen-bond acceptors (Lipinski definition) is 8. The summed E-state index contributed by atoms with van der Waals surface area (Å²) in [4.78, 5) is 41.2. The monoisotopic (exact) mass is 621 g/mol. The second kappa shape index (κ2) is 15.6. The lowest BCUT2D eigenvalue weighted by Gasteiger charge is -2.32. The molecule has 0 bridgehead atoms. The summed E-state index contributed by atoms with van der Waals surface area (Å²) in [5.41, 5.74) is 12.7. The first kappa shape index (κ1) is 36.9. The lowest BCUT2D eigenvalue weighted by Crippen LogP contribution is -2.36. The van der Waals surface area contributed by atoms with Gasteiger partial charge in [-0.05, 0) is 68.8 Å². The quantitative estimate of drug-likeness (QED) is 0.134. The Labute approximate surface area is 268 Å². The maximum atomic E-state index is 13.9. The molecule has 2 heterocycles. The van der Waals surface area contributed by atoms with Crippen LogP contribution in [0.4, 0.5) is 5.82 Å². The molecule has 0 aliphatic carbocycles. The molecule has 0 radical (unpaired) electrons. The Morgan fingerprint density at radius 2 is 1.82 bits per heavy atom. The van der Waals surface area contributed by atoms with E-state index in [-0.39, 0.29) is 17.5 Å². The van der Waals surface area contributed by atoms with Crippen molar-refractivity contribution in [3.05, 3.63) is 74.7 Å². The Morgan fingerprint density at radius 3 is 2.34 bits per heavy atom. The zero-order chi connectivity index (χ0) is 33.4. The number of anilines is 1. The summed E-state index contributed by atoms with van der Waals surface area (Å²) in [6.07, 6.45) is 4.75. The number of nitrogen functional groups attached to an aromatic ring is 1. The van der Waals surface area contributed by atoms with Crippen molar-refractivity contribution in [2.24, 2.45) is 5.41 Å². The highest BCUT2D eigenvalue weighted by atomic mass is 32.2. The summed E-state index contributed by atoms with van der Waals surface area (Å²) < 4.78 is 0. The van der Waals surface area contributed by atoms with Crippen LogP contribution in [0.1, 0.15) is 129 Å². The number of Topliss-reactive ketones (excluding diaryl/α,β-unsaturated/α-hetero) is 1. The summed E-state index contributed by atoms with van der Waals surface area (Å²) in [5.74, 6) is 0.494. The van der Waals surface area contributed by atoms with Gasteiger partial charge < -0.3 is 5.73 Å². The zero-order valence-corrected chi connectivity index (χ0v) is 29.0. The third-order valence-corrected chi connectivity index (χ3v) is 9.40. The van der Waals surface area contributed by atoms with Crippen molar-refractivity contribution in [1.82, 2.24) is 20.4 Å². The third kappa shape index (κ3) is 8.04. The fraction of sp³-hybridized carbons (Fsp3) is 0.514. The van der Waals surface area contributed by atoms with Gasteiger partial charge in [0, 0.05) is 40.4 Å². The Bertz CT molecular complexity index is 1420. The largest absolute Gasteiger partial charge is 0.383 e. The number of nitrogens with one attached hydrogen (secondary N) is 1. The molecule has 1 atom stereocenters. The van der Waals surface area contributed by atoms with Gasteiger partial charge in [0.2, 0.25) is 5.91 Å². The van der Waals surface area contributed by atoms with Crippen molar-refractivity contribution in [3.63, 3.8) is 0 Å². The molecule has 4 N–H and O–H groups in total. The standard InChI is InChI=1S/C35H51N5O3S/c1-12-16-27(41)35(11,24(8)44-20-25(14-3)19-34(9,10)33(42)40-43)29-23(7)38-32(39-31(29)36)28(22(6)13-2)26-17-15-18-37-30(26)21(4)5/h15,17-18,20-21,43H,8,12-14,16,19H2,1-7,9-11H3,(H,40,42)(H2,36,38,39)/b25-20+,28-22-/t35-/m1/s1. The number of nitrogens with two attached hydrogens (primary N) is 1. The van der Waals surface area contributed by atoms with E-state index in [2.05, 4.69) is 45.3 Å². The number of carbonyl (C=O) groups is 2. The minimum absolute atomic E-state index is 0.00931. The second-order valence-electron chi connectivity index (χ2n) is 12.5. The third-order valence-electron chi connectivity index (χ3n) is 8.25. The molecule has 9 heteroatoms. The van der Waals surface area contributed by atoms with Crippen LogP contribution in [0, 0.1) is 12.3 Å². The number of allylic oxidation sites excluding steroid dienone is 3. The van der Waals surface area contributed by atoms with Crippen molar-refractivity contribution in [2.45, 2.75) is 113 Å². The number of hydroxylamine groups is 1. The number of thioether (sulfide) groups is 1. The van der Waals surface area contributed by atoms with Crippen LogP contribution in [0.3, 0.4) is 0 Å². The van der Waals surface area contributed by atoms with Gasteiger partial charge in [-0.25, -0.2) is 15.4 Å². The molecule has 44 heavy (non-hydrogen) atoms. The number of pyridine rings is 1. The molecule has 0 aromatic carbocycles. The molecular weight excluding hydrogens is 570 g/mol. The predicted octanol–water partition coefficient (Wildman–Crippen LogP) is 8.21. The fourth-order valence-electron chi connectivity index (χ4n) is 5.36. The highest BCUT2D eigenvalue weighted by molar-refractivity contribution is 8.05. The number of aryl methyl sites for hydroxylation is 1. The molecule has 2 rings (SSSR count). The van der Waals surface area contributed by atoms with Gasteiger partial charge in [-0.1, -0.05) is 72.3 Å². The molecule has 0 saturated carbocycles. The molecule has 2 aromatic heterocycles. The first-order chi connectivity index (χ1) is 20.6. The van der Waals surface area contributed by atoms with Crippen LogP contribution in [0.25, 0.3) is 5.57 Å². The summed E-state index contributed by atoms with van der Waals surface area (Å²) in [6, 6.07) is 3.97. The van der Waals surface area contributed by atoms with Crippen LogP contribution < -0.4 is 11.2 Å². The molecule has 0 aliphatic rings. The number of ketones is 1. The molecule has 0 fully saturated rings. The van der Waals surface area contributed by atoms with Crippen molar-refractivity contribution in [3.8, 4) is 0 Å². The van der Waals surface area contributed by atoms with Crippen molar-refractivity contribution in [1.29, 1.82) is 0 Å². The van der Waals surface area contributed by atoms with Gasteiger partial charge >= 0.3 is 0 Å². The van der Waals surface area contributed by atoms with E-state index in [1.54, 1.807) is 25.5 Å². The Morgan fingerprint density at radius 1 is 1.16 bits per heavy atom. The maximum Gasteiger partial charge on any atom is 0.249 e. The lowest BCUT2D eigenvalue weighted by molar-refractivity contribution is -0.138. The van der Waals surface area contributed by atoms with E-state index in [1.807, 2.05) is 39.2 Å². The number of amides is 1. The zero-order valence-electron chi connectivity index (χ0n) is 28.2. The number of carbonyl (C=O) groups excluding carboxylic acids is 2. The topological polar surface area (TPSA) is 131 Å². The predicted molar refractivity (Wildman–Crippen MR) is 182 cm³/mol. The van der Waals surface area contributed by atoms with E-state index >= 15 is 0 Å². The molecular formula is C35H51N5O3S. The van der Waals surface area contributed by atoms with E-state index < -0.39 is 16.7 Å². The smallest absolute Gasteiger partial charge is 0.249 e. The number of hydrogen-bond donors (Lipinski definition) is 3. The van der Waals surface area contributed by atoms with E-state index in [0.717, 1.165) is 34.4 Å². The first-order valence-corrected chi connectivity index (χ1v) is 16.3. The highest BCUT2D eigenvalue weighted by Gasteiger charge is 2.41. The normalized spacial score (nSPS) is 14.2. The van der Waals surface area contributed by atoms with Crippen LogP contribution in [-0.2, 0) is 15.0 Å². The van der Waals surface area contributed by atoms with Crippen molar-refractivity contribution in [2.75, 3.05) is 5.73 Å². The van der Waals surface area contributed by atoms with Gasteiger partial charge in [-0.3, -0.25) is 19.8 Å². The number of nitrogens with zero attached hydrogens (tertiary/aromatic N) is 3. The summed E-state index contributed by atoms with van der Waals surface area (Å²) in [5, 5.41) is 11.1. The second-order valence-corrected chi connectivity index (χ2v) is 13.4. The van der Waals surface area contributed by atoms with Crippen molar-refractivity contribution < 1.29 is 14.8 Å². The summed E-state index contributed by atoms with van der Waals surface area (Å²) >= 11 is 1.36. The lowest BCUT2D eigenvalue weighted by atomic mass is 9.76. The summed E-state index contributed by atoms with van der Waals surface area (Å²) in [6.45, 7) is 24.0. The van der Waals surface area contributed by atoms with E-state index in [0.29, 0.717) is 47.7 Å². The van der Waals surface area contributed by atoms with Crippen LogP contribution in [-0.4, -0.2) is 31.8 Å². The average molecular weight is 622 g/mol. The van der Waals surface area contributed by atoms with Crippen LogP contribution >= 0.6 is 11.8 Å². The van der Waals surface area contributed by atoms with E-state index in [9.17, 15) is 9.59 Å².